The average Bonchev–Trinajstić information content (AvgIpc) is 2.96. The Balaban J connectivity index is 1.77. The molecule has 24 heavy (non-hydrogen) atoms. The molecule has 1 aliphatic rings. The van der Waals surface area contributed by atoms with Gasteiger partial charge in [-0.05, 0) is 44.0 Å². The summed E-state index contributed by atoms with van der Waals surface area (Å²) < 4.78 is 14.7. The molecule has 1 aromatic heterocycles. The minimum atomic E-state index is -0.322. The molecule has 126 valence electrons. The van der Waals surface area contributed by atoms with Gasteiger partial charge in [-0.2, -0.15) is 5.10 Å². The maximum absolute atomic E-state index is 13.0. The van der Waals surface area contributed by atoms with Crippen LogP contribution < -0.4 is 5.73 Å². The lowest BCUT2D eigenvalue weighted by atomic mass is 9.96. The summed E-state index contributed by atoms with van der Waals surface area (Å²) in [5.41, 5.74) is 7.22. The minimum absolute atomic E-state index is 0.108. The highest BCUT2D eigenvalue weighted by atomic mass is 19.1. The number of hydrogen-bond donors (Lipinski definition) is 1. The van der Waals surface area contributed by atoms with Gasteiger partial charge in [-0.15, -0.1) is 0 Å². The Morgan fingerprint density at radius 1 is 1.21 bits per heavy atom. The summed E-state index contributed by atoms with van der Waals surface area (Å²) in [5.74, 6) is -0.888. The molecule has 2 heterocycles. The largest absolute Gasteiger partial charge is 0.369 e. The smallest absolute Gasteiger partial charge is 0.257 e. The molecular formula is C17H19FN4O2. The molecule has 3 rings (SSSR count). The third kappa shape index (κ3) is 3.02. The van der Waals surface area contributed by atoms with Gasteiger partial charge >= 0.3 is 0 Å². The van der Waals surface area contributed by atoms with Crippen LogP contribution in [0.25, 0.3) is 5.69 Å². The maximum atomic E-state index is 13.0. The van der Waals surface area contributed by atoms with Gasteiger partial charge < -0.3 is 10.6 Å². The lowest BCUT2D eigenvalue weighted by Gasteiger charge is -2.30. The Kier molecular flexibility index (Phi) is 4.33. The summed E-state index contributed by atoms with van der Waals surface area (Å²) in [6.45, 7) is 2.82. The number of nitrogens with zero attached hydrogens (tertiary/aromatic N) is 3. The predicted octanol–water partition coefficient (Wildman–Crippen LogP) is 1.66. The predicted molar refractivity (Wildman–Crippen MR) is 86.1 cm³/mol. The molecule has 0 radical (unpaired) electrons. The van der Waals surface area contributed by atoms with Crippen LogP contribution >= 0.6 is 0 Å². The van der Waals surface area contributed by atoms with Crippen LogP contribution in [0, 0.1) is 18.7 Å². The van der Waals surface area contributed by atoms with E-state index in [2.05, 4.69) is 5.10 Å². The van der Waals surface area contributed by atoms with Crippen molar-refractivity contribution in [2.45, 2.75) is 19.8 Å². The Bertz CT molecular complexity index is 761. The summed E-state index contributed by atoms with van der Waals surface area (Å²) >= 11 is 0. The Morgan fingerprint density at radius 2 is 1.83 bits per heavy atom. The van der Waals surface area contributed by atoms with E-state index >= 15 is 0 Å². The summed E-state index contributed by atoms with van der Waals surface area (Å²) in [4.78, 5) is 25.6. The molecule has 1 fully saturated rings. The van der Waals surface area contributed by atoms with Gasteiger partial charge in [0.1, 0.15) is 5.82 Å². The Hall–Kier alpha value is -2.70. The number of carbonyl (C=O) groups excluding carboxylic acids is 2. The molecule has 7 heteroatoms. The van der Waals surface area contributed by atoms with E-state index in [1.54, 1.807) is 28.6 Å². The van der Waals surface area contributed by atoms with Gasteiger partial charge in [0.15, 0.2) is 0 Å². The summed E-state index contributed by atoms with van der Waals surface area (Å²) in [7, 11) is 0. The molecule has 6 nitrogen and oxygen atoms in total. The lowest BCUT2D eigenvalue weighted by Crippen LogP contribution is -2.41. The van der Waals surface area contributed by atoms with Crippen LogP contribution in [0.4, 0.5) is 4.39 Å². The number of piperidine rings is 1. The van der Waals surface area contributed by atoms with Gasteiger partial charge in [-0.1, -0.05) is 0 Å². The molecular weight excluding hydrogens is 311 g/mol. The fraction of sp³-hybridized carbons (Fsp3) is 0.353. The Labute approximate surface area is 139 Å². The molecule has 1 aliphatic heterocycles. The van der Waals surface area contributed by atoms with Crippen LogP contribution in [0.5, 0.6) is 0 Å². The van der Waals surface area contributed by atoms with E-state index in [4.69, 9.17) is 5.73 Å². The molecule has 0 unspecified atom stereocenters. The number of benzene rings is 1. The molecule has 0 bridgehead atoms. The van der Waals surface area contributed by atoms with Crippen LogP contribution in [0.3, 0.4) is 0 Å². The zero-order valence-electron chi connectivity index (χ0n) is 13.4. The number of primary amides is 1. The van der Waals surface area contributed by atoms with Crippen molar-refractivity contribution in [3.05, 3.63) is 47.5 Å². The van der Waals surface area contributed by atoms with Crippen LogP contribution in [-0.2, 0) is 4.79 Å². The molecule has 2 aromatic rings. The number of carbonyl (C=O) groups is 2. The number of rotatable bonds is 3. The van der Waals surface area contributed by atoms with Crippen molar-refractivity contribution in [3.63, 3.8) is 0 Å². The molecule has 1 aromatic carbocycles. The highest BCUT2D eigenvalue weighted by molar-refractivity contribution is 5.95. The van der Waals surface area contributed by atoms with E-state index in [1.807, 2.05) is 0 Å². The zero-order chi connectivity index (χ0) is 17.3. The first-order chi connectivity index (χ1) is 11.5. The highest BCUT2D eigenvalue weighted by Crippen LogP contribution is 2.21. The summed E-state index contributed by atoms with van der Waals surface area (Å²) in [5, 5.41) is 4.25. The third-order valence-electron chi connectivity index (χ3n) is 4.50. The molecule has 0 aliphatic carbocycles. The first-order valence-electron chi connectivity index (χ1n) is 7.86. The van der Waals surface area contributed by atoms with E-state index < -0.39 is 0 Å². The lowest BCUT2D eigenvalue weighted by molar-refractivity contribution is -0.123. The van der Waals surface area contributed by atoms with Crippen LogP contribution in [0.15, 0.2) is 30.5 Å². The molecule has 2 amide bonds. The number of nitrogens with two attached hydrogens (primary N) is 1. The summed E-state index contributed by atoms with van der Waals surface area (Å²) in [6.07, 6.45) is 2.71. The highest BCUT2D eigenvalue weighted by Gasteiger charge is 2.28. The van der Waals surface area contributed by atoms with Crippen molar-refractivity contribution in [1.29, 1.82) is 0 Å². The number of aromatic nitrogens is 2. The number of likely N-dealkylation sites (tertiary alicyclic amines) is 1. The second-order valence-electron chi connectivity index (χ2n) is 6.00. The van der Waals surface area contributed by atoms with Gasteiger partial charge in [0.2, 0.25) is 5.91 Å². The number of halogens is 1. The van der Waals surface area contributed by atoms with Crippen molar-refractivity contribution in [2.24, 2.45) is 11.7 Å². The van der Waals surface area contributed by atoms with Crippen LogP contribution in [0.2, 0.25) is 0 Å². The number of hydrogen-bond acceptors (Lipinski definition) is 3. The van der Waals surface area contributed by atoms with Crippen molar-refractivity contribution in [2.75, 3.05) is 13.1 Å². The van der Waals surface area contributed by atoms with Crippen molar-refractivity contribution in [3.8, 4) is 5.69 Å². The summed E-state index contributed by atoms with van der Waals surface area (Å²) in [6, 6.07) is 5.93. The van der Waals surface area contributed by atoms with Gasteiger partial charge in [-0.25, -0.2) is 9.07 Å². The SMILES string of the molecule is Cc1c(C(=O)N2CCC(C(N)=O)CC2)cnn1-c1ccc(F)cc1. The molecule has 0 saturated carbocycles. The van der Waals surface area contributed by atoms with E-state index in [-0.39, 0.29) is 23.5 Å². The van der Waals surface area contributed by atoms with Crippen LogP contribution in [-0.4, -0.2) is 39.6 Å². The van der Waals surface area contributed by atoms with Crippen molar-refractivity contribution < 1.29 is 14.0 Å². The van der Waals surface area contributed by atoms with Gasteiger partial charge in [0, 0.05) is 19.0 Å². The number of amides is 2. The van der Waals surface area contributed by atoms with E-state index in [9.17, 15) is 14.0 Å². The molecule has 0 spiro atoms. The fourth-order valence-electron chi connectivity index (χ4n) is 3.00. The van der Waals surface area contributed by atoms with E-state index in [0.717, 1.165) is 0 Å². The first kappa shape index (κ1) is 16.2. The molecule has 1 saturated heterocycles. The third-order valence-corrected chi connectivity index (χ3v) is 4.50. The molecule has 0 atom stereocenters. The van der Waals surface area contributed by atoms with E-state index in [1.165, 1.54) is 18.3 Å². The van der Waals surface area contributed by atoms with Gasteiger partial charge in [0.25, 0.3) is 5.91 Å². The monoisotopic (exact) mass is 330 g/mol. The van der Waals surface area contributed by atoms with Gasteiger partial charge in [0.05, 0.1) is 23.1 Å². The second-order valence-corrected chi connectivity index (χ2v) is 6.00. The Morgan fingerprint density at radius 3 is 2.42 bits per heavy atom. The maximum Gasteiger partial charge on any atom is 0.257 e. The normalized spacial score (nSPS) is 15.5. The standard InChI is InChI=1S/C17H19FN4O2/c1-11-15(10-20-22(11)14-4-2-13(18)3-5-14)17(24)21-8-6-12(7-9-21)16(19)23/h2-5,10,12H,6-9H2,1H3,(H2,19,23). The van der Waals surface area contributed by atoms with Gasteiger partial charge in [-0.3, -0.25) is 9.59 Å². The quantitative estimate of drug-likeness (QED) is 0.929. The zero-order valence-corrected chi connectivity index (χ0v) is 13.4. The van der Waals surface area contributed by atoms with Crippen molar-refractivity contribution in [1.82, 2.24) is 14.7 Å². The van der Waals surface area contributed by atoms with Crippen LogP contribution in [0.1, 0.15) is 28.9 Å². The topological polar surface area (TPSA) is 81.2 Å². The van der Waals surface area contributed by atoms with Crippen molar-refractivity contribution >= 4 is 11.8 Å². The average molecular weight is 330 g/mol. The fourth-order valence-corrected chi connectivity index (χ4v) is 3.00. The second kappa shape index (κ2) is 6.43. The van der Waals surface area contributed by atoms with E-state index in [0.29, 0.717) is 42.9 Å². The first-order valence-corrected chi connectivity index (χ1v) is 7.86. The molecule has 2 N–H and O–H groups in total. The minimum Gasteiger partial charge on any atom is -0.369 e.